The van der Waals surface area contributed by atoms with Gasteiger partial charge in [-0.25, -0.2) is 4.98 Å². The van der Waals surface area contributed by atoms with Gasteiger partial charge < -0.3 is 9.88 Å². The van der Waals surface area contributed by atoms with Crippen LogP contribution in [0.25, 0.3) is 0 Å². The molecule has 1 aromatic rings. The van der Waals surface area contributed by atoms with Gasteiger partial charge in [-0.2, -0.15) is 0 Å². The van der Waals surface area contributed by atoms with Crippen molar-refractivity contribution in [2.45, 2.75) is 45.2 Å². The van der Waals surface area contributed by atoms with E-state index in [1.807, 2.05) is 6.20 Å². The Labute approximate surface area is 85.5 Å². The minimum Gasteiger partial charge on any atom is -0.332 e. The zero-order chi connectivity index (χ0) is 9.97. The predicted octanol–water partition coefficient (Wildman–Crippen LogP) is 1.89. The SMILES string of the molecule is CCNC1CCC(n2ccnc2C)C1. The fraction of sp³-hybridized carbons (Fsp3) is 0.727. The normalized spacial score (nSPS) is 27.0. The molecule has 0 bridgehead atoms. The van der Waals surface area contributed by atoms with Crippen LogP contribution in [0, 0.1) is 6.92 Å². The van der Waals surface area contributed by atoms with Gasteiger partial charge >= 0.3 is 0 Å². The summed E-state index contributed by atoms with van der Waals surface area (Å²) in [4.78, 5) is 4.27. The number of nitrogens with one attached hydrogen (secondary N) is 1. The van der Waals surface area contributed by atoms with Crippen LogP contribution in [0.15, 0.2) is 12.4 Å². The van der Waals surface area contributed by atoms with E-state index < -0.39 is 0 Å². The van der Waals surface area contributed by atoms with E-state index in [0.717, 1.165) is 12.4 Å². The molecule has 0 radical (unpaired) electrons. The van der Waals surface area contributed by atoms with Gasteiger partial charge in [-0.3, -0.25) is 0 Å². The minimum atomic E-state index is 0.668. The molecule has 0 saturated heterocycles. The Morgan fingerprint density at radius 2 is 2.43 bits per heavy atom. The predicted molar refractivity (Wildman–Crippen MR) is 57.3 cm³/mol. The third kappa shape index (κ3) is 1.82. The van der Waals surface area contributed by atoms with Crippen LogP contribution in [0.2, 0.25) is 0 Å². The number of imidazole rings is 1. The van der Waals surface area contributed by atoms with Crippen molar-refractivity contribution in [3.63, 3.8) is 0 Å². The van der Waals surface area contributed by atoms with Crippen LogP contribution < -0.4 is 5.32 Å². The van der Waals surface area contributed by atoms with Crippen LogP contribution in [0.1, 0.15) is 38.1 Å². The number of aromatic nitrogens is 2. The summed E-state index contributed by atoms with van der Waals surface area (Å²) in [5.74, 6) is 1.15. The van der Waals surface area contributed by atoms with Crippen molar-refractivity contribution in [1.82, 2.24) is 14.9 Å². The molecule has 3 nitrogen and oxygen atoms in total. The highest BCUT2D eigenvalue weighted by molar-refractivity contribution is 4.95. The van der Waals surface area contributed by atoms with E-state index in [4.69, 9.17) is 0 Å². The molecule has 1 aliphatic carbocycles. The largest absolute Gasteiger partial charge is 0.332 e. The summed E-state index contributed by atoms with van der Waals surface area (Å²) in [6.07, 6.45) is 7.85. The third-order valence-corrected chi connectivity index (χ3v) is 3.15. The van der Waals surface area contributed by atoms with Crippen LogP contribution in [0.3, 0.4) is 0 Å². The van der Waals surface area contributed by atoms with Crippen molar-refractivity contribution in [2.24, 2.45) is 0 Å². The van der Waals surface area contributed by atoms with E-state index in [1.165, 1.54) is 19.3 Å². The van der Waals surface area contributed by atoms with Gasteiger partial charge in [-0.1, -0.05) is 6.92 Å². The first-order chi connectivity index (χ1) is 6.81. The molecular weight excluding hydrogens is 174 g/mol. The Balaban J connectivity index is 1.99. The molecule has 3 heteroatoms. The van der Waals surface area contributed by atoms with Crippen LogP contribution in [-0.2, 0) is 0 Å². The zero-order valence-corrected chi connectivity index (χ0v) is 9.03. The molecule has 2 unspecified atom stereocenters. The quantitative estimate of drug-likeness (QED) is 0.794. The molecule has 1 heterocycles. The number of hydrogen-bond acceptors (Lipinski definition) is 2. The van der Waals surface area contributed by atoms with E-state index in [0.29, 0.717) is 12.1 Å². The van der Waals surface area contributed by atoms with Gasteiger partial charge in [0.15, 0.2) is 0 Å². The molecule has 1 aliphatic rings. The van der Waals surface area contributed by atoms with Crippen molar-refractivity contribution in [1.29, 1.82) is 0 Å². The molecule has 2 rings (SSSR count). The second-order valence-electron chi connectivity index (χ2n) is 4.10. The molecule has 2 atom stereocenters. The highest BCUT2D eigenvalue weighted by Gasteiger charge is 2.25. The summed E-state index contributed by atoms with van der Waals surface area (Å²) in [7, 11) is 0. The molecule has 78 valence electrons. The van der Waals surface area contributed by atoms with Gasteiger partial charge in [0.25, 0.3) is 0 Å². The summed E-state index contributed by atoms with van der Waals surface area (Å²) in [5.41, 5.74) is 0. The van der Waals surface area contributed by atoms with Gasteiger partial charge in [0.2, 0.25) is 0 Å². The molecule has 0 amide bonds. The molecule has 0 spiro atoms. The maximum atomic E-state index is 4.27. The van der Waals surface area contributed by atoms with Crippen LogP contribution in [-0.4, -0.2) is 22.1 Å². The first kappa shape index (κ1) is 9.71. The van der Waals surface area contributed by atoms with Crippen molar-refractivity contribution < 1.29 is 0 Å². The molecular formula is C11H19N3. The molecule has 1 aromatic heterocycles. The summed E-state index contributed by atoms with van der Waals surface area (Å²) < 4.78 is 2.32. The lowest BCUT2D eigenvalue weighted by atomic mass is 10.2. The molecule has 1 fully saturated rings. The Hall–Kier alpha value is -0.830. The van der Waals surface area contributed by atoms with E-state index >= 15 is 0 Å². The molecule has 1 N–H and O–H groups in total. The Kier molecular flexibility index (Phi) is 2.87. The molecule has 0 aromatic carbocycles. The number of nitrogens with zero attached hydrogens (tertiary/aromatic N) is 2. The van der Waals surface area contributed by atoms with Crippen LogP contribution in [0.4, 0.5) is 0 Å². The smallest absolute Gasteiger partial charge is 0.105 e. The van der Waals surface area contributed by atoms with Crippen LogP contribution >= 0.6 is 0 Å². The number of rotatable bonds is 3. The van der Waals surface area contributed by atoms with Crippen molar-refractivity contribution in [3.8, 4) is 0 Å². The standard InChI is InChI=1S/C11H19N3/c1-3-12-10-4-5-11(8-10)14-7-6-13-9(14)2/h6-7,10-12H,3-5,8H2,1-2H3. The van der Waals surface area contributed by atoms with Crippen LogP contribution in [0.5, 0.6) is 0 Å². The monoisotopic (exact) mass is 193 g/mol. The Morgan fingerprint density at radius 3 is 3.07 bits per heavy atom. The second-order valence-corrected chi connectivity index (χ2v) is 4.10. The van der Waals surface area contributed by atoms with Gasteiger partial charge in [-0.05, 0) is 32.7 Å². The maximum absolute atomic E-state index is 4.27. The topological polar surface area (TPSA) is 29.9 Å². The maximum Gasteiger partial charge on any atom is 0.105 e. The summed E-state index contributed by atoms with van der Waals surface area (Å²) in [5, 5.41) is 3.52. The Bertz CT molecular complexity index is 292. The number of hydrogen-bond donors (Lipinski definition) is 1. The molecule has 14 heavy (non-hydrogen) atoms. The fourth-order valence-corrected chi connectivity index (χ4v) is 2.46. The molecule has 1 saturated carbocycles. The van der Waals surface area contributed by atoms with Gasteiger partial charge in [0.1, 0.15) is 5.82 Å². The van der Waals surface area contributed by atoms with E-state index in [1.54, 1.807) is 0 Å². The highest BCUT2D eigenvalue weighted by Crippen LogP contribution is 2.30. The average Bonchev–Trinajstić information content (AvgIpc) is 2.74. The third-order valence-electron chi connectivity index (χ3n) is 3.15. The lowest BCUT2D eigenvalue weighted by molar-refractivity contribution is 0.473. The van der Waals surface area contributed by atoms with Crippen molar-refractivity contribution in [2.75, 3.05) is 6.54 Å². The number of aryl methyl sites for hydroxylation is 1. The summed E-state index contributed by atoms with van der Waals surface area (Å²) in [6, 6.07) is 1.38. The first-order valence-corrected chi connectivity index (χ1v) is 5.54. The van der Waals surface area contributed by atoms with E-state index in [-0.39, 0.29) is 0 Å². The average molecular weight is 193 g/mol. The highest BCUT2D eigenvalue weighted by atomic mass is 15.1. The van der Waals surface area contributed by atoms with E-state index in [2.05, 4.69) is 34.9 Å². The fourth-order valence-electron chi connectivity index (χ4n) is 2.46. The van der Waals surface area contributed by atoms with Gasteiger partial charge in [-0.15, -0.1) is 0 Å². The summed E-state index contributed by atoms with van der Waals surface area (Å²) in [6.45, 7) is 5.34. The van der Waals surface area contributed by atoms with Crippen molar-refractivity contribution >= 4 is 0 Å². The summed E-state index contributed by atoms with van der Waals surface area (Å²) >= 11 is 0. The van der Waals surface area contributed by atoms with E-state index in [9.17, 15) is 0 Å². The van der Waals surface area contributed by atoms with Gasteiger partial charge in [0.05, 0.1) is 0 Å². The molecule has 0 aliphatic heterocycles. The lowest BCUT2D eigenvalue weighted by Crippen LogP contribution is -2.26. The minimum absolute atomic E-state index is 0.668. The zero-order valence-electron chi connectivity index (χ0n) is 9.03. The van der Waals surface area contributed by atoms with Crippen molar-refractivity contribution in [3.05, 3.63) is 18.2 Å². The first-order valence-electron chi connectivity index (χ1n) is 5.54. The lowest BCUT2D eigenvalue weighted by Gasteiger charge is -2.14. The van der Waals surface area contributed by atoms with Gasteiger partial charge in [0, 0.05) is 24.5 Å². The second kappa shape index (κ2) is 4.13. The Morgan fingerprint density at radius 1 is 1.57 bits per heavy atom.